The molecule has 4 N–H and O–H groups in total. The molecule has 11 aromatic rings. The van der Waals surface area contributed by atoms with Gasteiger partial charge in [0, 0.05) is 79.1 Å². The Morgan fingerprint density at radius 3 is 2.34 bits per heavy atom. The van der Waals surface area contributed by atoms with E-state index in [1.54, 1.807) is 28.9 Å². The Morgan fingerprint density at radius 2 is 1.60 bits per heavy atom. The Morgan fingerprint density at radius 1 is 0.724 bits per heavy atom. The smallest absolute Gasteiger partial charge is 0.200 e. The molecule has 8 aromatic heterocycles. The van der Waals surface area contributed by atoms with E-state index >= 15 is 0 Å². The van der Waals surface area contributed by atoms with Gasteiger partial charge in [0.15, 0.2) is 5.76 Å². The zero-order chi connectivity index (χ0) is 38.3. The second kappa shape index (κ2) is 12.7. The summed E-state index contributed by atoms with van der Waals surface area (Å²) in [5.41, 5.74) is 4.16. The van der Waals surface area contributed by atoms with E-state index in [0.717, 1.165) is 75.9 Å². The second-order valence-corrected chi connectivity index (χ2v) is 16.6. The van der Waals surface area contributed by atoms with Crippen LogP contribution in [0.15, 0.2) is 179 Å². The number of allylic oxidation sites excluding steroid dienone is 1. The molecule has 1 aliphatic heterocycles. The first-order valence-corrected chi connectivity index (χ1v) is 20.8. The van der Waals surface area contributed by atoms with E-state index in [1.807, 2.05) is 55.1 Å². The molecule has 0 radical (unpaired) electrons. The molecule has 0 spiro atoms. The third kappa shape index (κ3) is 4.50. The first-order valence-electron chi connectivity index (χ1n) is 19.1. The first-order chi connectivity index (χ1) is 28.7. The van der Waals surface area contributed by atoms with Gasteiger partial charge in [-0.15, -0.1) is 22.7 Å². The number of thiophene rings is 2. The molecule has 12 rings (SSSR count). The van der Waals surface area contributed by atoms with Crippen molar-refractivity contribution in [2.45, 2.75) is 16.9 Å². The largest absolute Gasteiger partial charge is 0.455 e. The normalized spacial score (nSPS) is 19.9. The highest BCUT2D eigenvalue weighted by molar-refractivity contribution is 7.19. The summed E-state index contributed by atoms with van der Waals surface area (Å²) in [6.07, 6.45) is 9.36. The van der Waals surface area contributed by atoms with E-state index in [4.69, 9.17) is 18.9 Å². The predicted molar refractivity (Wildman–Crippen MR) is 231 cm³/mol. The standard InChI is InChI=1S/C47H33N7O2S2/c1-4-13-32-29(10-1)26-34(52-32)43-42(33-14-7-20-48-33)44(36-27-30-11-2-5-15-35(30)56-36)54(41-18-8-24-55-41)47(38-19-21-51-53-38,40-28-31-12-3-6-16-37(31)58-40)46(43,39-17-9-25-57-39)45-49-22-23-50-45/h1-28,43,48,52H,(H,49,50)(H,51,53). The lowest BCUT2D eigenvalue weighted by Crippen LogP contribution is -2.66. The minimum atomic E-state index is -1.19. The zero-order valence-electron chi connectivity index (χ0n) is 30.7. The summed E-state index contributed by atoms with van der Waals surface area (Å²) in [7, 11) is 0. The number of rotatable bonds is 8. The van der Waals surface area contributed by atoms with Gasteiger partial charge < -0.3 is 23.8 Å². The van der Waals surface area contributed by atoms with Crippen LogP contribution in [0.4, 0.5) is 5.88 Å². The minimum Gasteiger partial charge on any atom is -0.455 e. The van der Waals surface area contributed by atoms with Gasteiger partial charge in [0.2, 0.25) is 5.88 Å². The number of fused-ring (bicyclic) bond motifs is 3. The summed E-state index contributed by atoms with van der Waals surface area (Å²) in [6.45, 7) is 0. The van der Waals surface area contributed by atoms with E-state index in [2.05, 4.69) is 133 Å². The maximum atomic E-state index is 7.05. The number of benzene rings is 3. The van der Waals surface area contributed by atoms with Crippen molar-refractivity contribution in [2.75, 3.05) is 4.90 Å². The molecule has 9 heterocycles. The number of nitrogens with zero attached hydrogens (tertiary/aromatic N) is 3. The maximum Gasteiger partial charge on any atom is 0.200 e. The van der Waals surface area contributed by atoms with Crippen LogP contribution in [0.3, 0.4) is 0 Å². The third-order valence-electron chi connectivity index (χ3n) is 11.7. The summed E-state index contributed by atoms with van der Waals surface area (Å²) in [4.78, 5) is 21.2. The number of aromatic amines is 4. The Balaban J connectivity index is 1.39. The molecule has 0 amide bonds. The summed E-state index contributed by atoms with van der Waals surface area (Å²) in [5, 5.41) is 13.7. The zero-order valence-corrected chi connectivity index (χ0v) is 32.4. The quantitative estimate of drug-likeness (QED) is 0.122. The van der Waals surface area contributed by atoms with Gasteiger partial charge in [0.05, 0.1) is 17.7 Å². The molecule has 0 saturated heterocycles. The fourth-order valence-electron chi connectivity index (χ4n) is 9.58. The molecule has 280 valence electrons. The van der Waals surface area contributed by atoms with Gasteiger partial charge in [-0.3, -0.25) is 10.00 Å². The number of anilines is 1. The van der Waals surface area contributed by atoms with Crippen LogP contribution in [-0.2, 0) is 11.0 Å². The second-order valence-electron chi connectivity index (χ2n) is 14.6. The van der Waals surface area contributed by atoms with Crippen molar-refractivity contribution in [3.63, 3.8) is 0 Å². The number of H-pyrrole nitrogens is 4. The number of nitrogens with one attached hydrogen (secondary N) is 4. The molecule has 1 aliphatic rings. The Kier molecular flexibility index (Phi) is 7.26. The van der Waals surface area contributed by atoms with E-state index in [1.165, 1.54) is 0 Å². The number of para-hydroxylation sites is 2. The van der Waals surface area contributed by atoms with Gasteiger partial charge in [-0.2, -0.15) is 5.10 Å². The van der Waals surface area contributed by atoms with Crippen LogP contribution in [0.5, 0.6) is 0 Å². The molecule has 0 saturated carbocycles. The van der Waals surface area contributed by atoms with Crippen molar-refractivity contribution in [1.29, 1.82) is 0 Å². The summed E-state index contributed by atoms with van der Waals surface area (Å²) < 4.78 is 14.9. The summed E-state index contributed by atoms with van der Waals surface area (Å²) in [5.74, 6) is 1.61. The van der Waals surface area contributed by atoms with Crippen LogP contribution in [0.1, 0.15) is 44.3 Å². The molecule has 0 fully saturated rings. The SMILES string of the molecule is c1c[nH]c(C2=C(c3cc4ccccc4o3)N(c3ccco3)C(c3ccn[nH]3)(c3cc4ccccc4s3)C(c3ncc[nH]3)(c3cccs3)C2c2cc3ccccc3[nH]2)c1. The van der Waals surface area contributed by atoms with Crippen LogP contribution < -0.4 is 4.90 Å². The Bertz CT molecular complexity index is 3070. The van der Waals surface area contributed by atoms with Gasteiger partial charge in [-0.05, 0) is 82.9 Å². The molecule has 9 nitrogen and oxygen atoms in total. The fourth-order valence-corrected chi connectivity index (χ4v) is 11.9. The molecule has 3 unspecified atom stereocenters. The molecular formula is C47H33N7O2S2. The van der Waals surface area contributed by atoms with Crippen molar-refractivity contribution in [3.8, 4) is 0 Å². The van der Waals surface area contributed by atoms with Gasteiger partial charge in [-0.1, -0.05) is 60.7 Å². The monoisotopic (exact) mass is 791 g/mol. The average Bonchev–Trinajstić information content (AvgIpc) is 4.12. The minimum absolute atomic E-state index is 0.466. The van der Waals surface area contributed by atoms with Gasteiger partial charge in [0.25, 0.3) is 0 Å². The third-order valence-corrected chi connectivity index (χ3v) is 13.9. The van der Waals surface area contributed by atoms with Crippen LogP contribution in [-0.4, -0.2) is 30.1 Å². The van der Waals surface area contributed by atoms with Gasteiger partial charge in [0.1, 0.15) is 22.4 Å². The predicted octanol–water partition coefficient (Wildman–Crippen LogP) is 11.7. The molecule has 3 aromatic carbocycles. The van der Waals surface area contributed by atoms with E-state index in [9.17, 15) is 0 Å². The van der Waals surface area contributed by atoms with Crippen molar-refractivity contribution < 1.29 is 8.83 Å². The molecule has 0 aliphatic carbocycles. The van der Waals surface area contributed by atoms with Crippen molar-refractivity contribution >= 4 is 71.8 Å². The van der Waals surface area contributed by atoms with E-state index in [-0.39, 0.29) is 0 Å². The maximum absolute atomic E-state index is 7.05. The Labute approximate surface area is 339 Å². The van der Waals surface area contributed by atoms with Crippen LogP contribution in [0.25, 0.3) is 43.2 Å². The summed E-state index contributed by atoms with van der Waals surface area (Å²) in [6, 6.07) is 46.7. The van der Waals surface area contributed by atoms with Crippen molar-refractivity contribution in [2.24, 2.45) is 0 Å². The molecular weight excluding hydrogens is 759 g/mol. The number of imidazole rings is 1. The highest BCUT2D eigenvalue weighted by atomic mass is 32.1. The van der Waals surface area contributed by atoms with E-state index < -0.39 is 16.9 Å². The van der Waals surface area contributed by atoms with Crippen molar-refractivity contribution in [3.05, 3.63) is 208 Å². The van der Waals surface area contributed by atoms with Crippen LogP contribution in [0, 0.1) is 0 Å². The Hall–Kier alpha value is -7.08. The van der Waals surface area contributed by atoms with E-state index in [0.29, 0.717) is 11.6 Å². The molecule has 11 heteroatoms. The number of aromatic nitrogens is 6. The van der Waals surface area contributed by atoms with Crippen molar-refractivity contribution in [1.82, 2.24) is 30.1 Å². The molecule has 0 bridgehead atoms. The lowest BCUT2D eigenvalue weighted by molar-refractivity contribution is 0.257. The number of hydrogen-bond donors (Lipinski definition) is 4. The average molecular weight is 792 g/mol. The van der Waals surface area contributed by atoms with Gasteiger partial charge in [-0.25, -0.2) is 4.98 Å². The topological polar surface area (TPSA) is 118 Å². The lowest BCUT2D eigenvalue weighted by Gasteiger charge is -2.60. The van der Waals surface area contributed by atoms with Crippen LogP contribution in [0.2, 0.25) is 0 Å². The highest BCUT2D eigenvalue weighted by Crippen LogP contribution is 2.70. The number of furan rings is 2. The summed E-state index contributed by atoms with van der Waals surface area (Å²) >= 11 is 3.48. The molecule has 58 heavy (non-hydrogen) atoms. The van der Waals surface area contributed by atoms with Gasteiger partial charge >= 0.3 is 0 Å². The fraction of sp³-hybridized carbons (Fsp3) is 0.0638. The highest BCUT2D eigenvalue weighted by Gasteiger charge is 2.71. The molecule has 3 atom stereocenters. The van der Waals surface area contributed by atoms with Crippen LogP contribution >= 0.6 is 22.7 Å². The number of hydrogen-bond acceptors (Lipinski definition) is 7. The lowest BCUT2D eigenvalue weighted by atomic mass is 9.52. The first kappa shape index (κ1) is 33.1.